The van der Waals surface area contributed by atoms with Crippen LogP contribution < -0.4 is 10.2 Å². The molecule has 1 atom stereocenters. The molecule has 0 aromatic carbocycles. The Hall–Kier alpha value is -0.810. The lowest BCUT2D eigenvalue weighted by molar-refractivity contribution is 0.687. The molecule has 0 amide bonds. The third kappa shape index (κ3) is 2.65. The number of hydrogen-bond acceptors (Lipinski definition) is 5. The molecule has 0 radical (unpaired) electrons. The number of nitrogens with one attached hydrogen (secondary N) is 1. The van der Waals surface area contributed by atoms with Gasteiger partial charge in [0, 0.05) is 25.4 Å². The summed E-state index contributed by atoms with van der Waals surface area (Å²) in [5.74, 6) is 3.45. The van der Waals surface area contributed by atoms with Crippen LogP contribution in [0.4, 0.5) is 5.82 Å². The van der Waals surface area contributed by atoms with Crippen LogP contribution in [0.25, 0.3) is 0 Å². The van der Waals surface area contributed by atoms with Crippen LogP contribution in [0.15, 0.2) is 12.4 Å². The quantitative estimate of drug-likeness (QED) is 0.852. The minimum absolute atomic E-state index is 0.620. The van der Waals surface area contributed by atoms with Crippen LogP contribution in [-0.2, 0) is 6.54 Å². The first-order valence-electron chi connectivity index (χ1n) is 5.57. The van der Waals surface area contributed by atoms with E-state index in [-0.39, 0.29) is 0 Å². The van der Waals surface area contributed by atoms with Crippen molar-refractivity contribution >= 4 is 17.6 Å². The van der Waals surface area contributed by atoms with E-state index in [1.54, 1.807) is 0 Å². The first kappa shape index (κ1) is 11.7. The summed E-state index contributed by atoms with van der Waals surface area (Å²) in [7, 11) is 4.02. The molecule has 0 bridgehead atoms. The van der Waals surface area contributed by atoms with Crippen LogP contribution >= 0.6 is 11.8 Å². The Labute approximate surface area is 101 Å². The Kier molecular flexibility index (Phi) is 4.01. The van der Waals surface area contributed by atoms with Gasteiger partial charge in [0.1, 0.15) is 5.82 Å². The minimum atomic E-state index is 0.620. The molecule has 0 spiro atoms. The molecule has 1 aromatic heterocycles. The van der Waals surface area contributed by atoms with Gasteiger partial charge in [-0.2, -0.15) is 11.8 Å². The van der Waals surface area contributed by atoms with Gasteiger partial charge in [0.15, 0.2) is 0 Å². The molecule has 1 saturated heterocycles. The van der Waals surface area contributed by atoms with E-state index in [1.165, 1.54) is 17.9 Å². The first-order chi connectivity index (χ1) is 7.81. The van der Waals surface area contributed by atoms with Gasteiger partial charge in [0.2, 0.25) is 0 Å². The molecule has 0 saturated carbocycles. The lowest BCUT2D eigenvalue weighted by atomic mass is 10.2. The van der Waals surface area contributed by atoms with Crippen molar-refractivity contribution in [3.8, 4) is 0 Å². The van der Waals surface area contributed by atoms with Crippen LogP contribution in [0.2, 0.25) is 0 Å². The van der Waals surface area contributed by atoms with Gasteiger partial charge in [0.05, 0.1) is 18.1 Å². The average Bonchev–Trinajstić information content (AvgIpc) is 2.83. The molecule has 1 aliphatic heterocycles. The Bertz CT molecular complexity index is 321. The van der Waals surface area contributed by atoms with Crippen LogP contribution in [0.1, 0.15) is 12.1 Å². The van der Waals surface area contributed by atoms with E-state index in [9.17, 15) is 0 Å². The lowest BCUT2D eigenvalue weighted by Crippen LogP contribution is -2.32. The molecule has 16 heavy (non-hydrogen) atoms. The van der Waals surface area contributed by atoms with Crippen molar-refractivity contribution in [3.63, 3.8) is 0 Å². The fraction of sp³-hybridized carbons (Fsp3) is 0.636. The molecular weight excluding hydrogens is 220 g/mol. The summed E-state index contributed by atoms with van der Waals surface area (Å²) in [6.45, 7) is 0.774. The highest BCUT2D eigenvalue weighted by Gasteiger charge is 2.21. The maximum atomic E-state index is 4.46. The summed E-state index contributed by atoms with van der Waals surface area (Å²) in [5.41, 5.74) is 0.987. The van der Waals surface area contributed by atoms with Crippen molar-refractivity contribution in [2.45, 2.75) is 19.0 Å². The van der Waals surface area contributed by atoms with Crippen LogP contribution in [0, 0.1) is 0 Å². The third-order valence-electron chi connectivity index (χ3n) is 2.86. The Morgan fingerprint density at radius 2 is 2.38 bits per heavy atom. The fourth-order valence-electron chi connectivity index (χ4n) is 1.82. The van der Waals surface area contributed by atoms with Gasteiger partial charge < -0.3 is 10.2 Å². The van der Waals surface area contributed by atoms with Gasteiger partial charge in [0.25, 0.3) is 0 Å². The summed E-state index contributed by atoms with van der Waals surface area (Å²) in [5, 5.41) is 3.07. The largest absolute Gasteiger partial charge is 0.355 e. The molecule has 5 heteroatoms. The SMILES string of the molecule is CNCc1cnc(N(C)C2CCSC2)cn1. The average molecular weight is 238 g/mol. The Balaban J connectivity index is 2.02. The minimum Gasteiger partial charge on any atom is -0.355 e. The van der Waals surface area contributed by atoms with Gasteiger partial charge in [-0.25, -0.2) is 4.98 Å². The van der Waals surface area contributed by atoms with Crippen molar-refractivity contribution in [1.82, 2.24) is 15.3 Å². The van der Waals surface area contributed by atoms with E-state index in [0.29, 0.717) is 6.04 Å². The highest BCUT2D eigenvalue weighted by Crippen LogP contribution is 2.24. The summed E-state index contributed by atoms with van der Waals surface area (Å²) >= 11 is 2.02. The van der Waals surface area contributed by atoms with Gasteiger partial charge in [-0.3, -0.25) is 4.98 Å². The number of thioether (sulfide) groups is 1. The zero-order valence-corrected chi connectivity index (χ0v) is 10.6. The fourth-order valence-corrected chi connectivity index (χ4v) is 3.08. The highest BCUT2D eigenvalue weighted by atomic mass is 32.2. The van der Waals surface area contributed by atoms with Gasteiger partial charge >= 0.3 is 0 Å². The monoisotopic (exact) mass is 238 g/mol. The van der Waals surface area contributed by atoms with E-state index in [1.807, 2.05) is 31.2 Å². The number of nitrogens with zero attached hydrogens (tertiary/aromatic N) is 3. The van der Waals surface area contributed by atoms with E-state index >= 15 is 0 Å². The molecule has 2 rings (SSSR count). The Morgan fingerprint density at radius 3 is 2.94 bits per heavy atom. The Morgan fingerprint density at radius 1 is 1.50 bits per heavy atom. The van der Waals surface area contributed by atoms with Gasteiger partial charge in [-0.05, 0) is 19.2 Å². The van der Waals surface area contributed by atoms with E-state index in [4.69, 9.17) is 0 Å². The van der Waals surface area contributed by atoms with Crippen molar-refractivity contribution in [3.05, 3.63) is 18.1 Å². The van der Waals surface area contributed by atoms with Crippen molar-refractivity contribution in [1.29, 1.82) is 0 Å². The topological polar surface area (TPSA) is 41.1 Å². The summed E-state index contributed by atoms with van der Waals surface area (Å²) in [6, 6.07) is 0.620. The smallest absolute Gasteiger partial charge is 0.147 e. The molecule has 1 N–H and O–H groups in total. The summed E-state index contributed by atoms with van der Waals surface area (Å²) in [4.78, 5) is 11.1. The zero-order valence-electron chi connectivity index (χ0n) is 9.81. The summed E-state index contributed by atoms with van der Waals surface area (Å²) < 4.78 is 0. The molecule has 1 fully saturated rings. The number of aromatic nitrogens is 2. The molecule has 1 unspecified atom stereocenters. The van der Waals surface area contributed by atoms with E-state index in [2.05, 4.69) is 27.2 Å². The second kappa shape index (κ2) is 5.50. The molecular formula is C11H18N4S. The van der Waals surface area contributed by atoms with Crippen molar-refractivity contribution in [2.24, 2.45) is 0 Å². The van der Waals surface area contributed by atoms with Gasteiger partial charge in [-0.15, -0.1) is 0 Å². The maximum absolute atomic E-state index is 4.46. The number of anilines is 1. The van der Waals surface area contributed by atoms with Crippen molar-refractivity contribution < 1.29 is 0 Å². The number of hydrogen-bond donors (Lipinski definition) is 1. The predicted molar refractivity (Wildman–Crippen MR) is 68.9 cm³/mol. The van der Waals surface area contributed by atoms with Crippen LogP contribution in [-0.4, -0.2) is 41.6 Å². The van der Waals surface area contributed by atoms with Gasteiger partial charge in [-0.1, -0.05) is 0 Å². The van der Waals surface area contributed by atoms with E-state index < -0.39 is 0 Å². The second-order valence-electron chi connectivity index (χ2n) is 4.02. The molecule has 1 aromatic rings. The molecule has 4 nitrogen and oxygen atoms in total. The molecule has 88 valence electrons. The van der Waals surface area contributed by atoms with Crippen molar-refractivity contribution in [2.75, 3.05) is 30.5 Å². The summed E-state index contributed by atoms with van der Waals surface area (Å²) in [6.07, 6.45) is 4.97. The molecule has 2 heterocycles. The van der Waals surface area contributed by atoms with Crippen LogP contribution in [0.3, 0.4) is 0 Å². The highest BCUT2D eigenvalue weighted by molar-refractivity contribution is 7.99. The number of rotatable bonds is 4. The lowest BCUT2D eigenvalue weighted by Gasteiger charge is -2.24. The van der Waals surface area contributed by atoms with Crippen LogP contribution in [0.5, 0.6) is 0 Å². The normalized spacial score (nSPS) is 20.0. The standard InChI is InChI=1S/C11H18N4S/c1-12-5-9-6-14-11(7-13-9)15(2)10-3-4-16-8-10/h6-7,10,12H,3-5,8H2,1-2H3. The zero-order chi connectivity index (χ0) is 11.4. The van der Waals surface area contributed by atoms with E-state index in [0.717, 1.165) is 18.1 Å². The predicted octanol–water partition coefficient (Wildman–Crippen LogP) is 1.14. The molecule has 0 aliphatic carbocycles. The maximum Gasteiger partial charge on any atom is 0.147 e. The first-order valence-corrected chi connectivity index (χ1v) is 6.73. The molecule has 1 aliphatic rings. The second-order valence-corrected chi connectivity index (χ2v) is 5.17. The third-order valence-corrected chi connectivity index (χ3v) is 4.01.